The van der Waals surface area contributed by atoms with Crippen molar-refractivity contribution in [2.45, 2.75) is 45.0 Å². The van der Waals surface area contributed by atoms with Gasteiger partial charge in [-0.1, -0.05) is 19.8 Å². The van der Waals surface area contributed by atoms with Crippen LogP contribution in [0.5, 0.6) is 5.75 Å². The van der Waals surface area contributed by atoms with E-state index in [1.54, 1.807) is 18.2 Å². The molecule has 1 fully saturated rings. The topological polar surface area (TPSA) is 55.0 Å². The molecule has 0 spiro atoms. The van der Waals surface area contributed by atoms with Crippen molar-refractivity contribution in [1.29, 1.82) is 0 Å². The second-order valence-corrected chi connectivity index (χ2v) is 6.66. The minimum Gasteiger partial charge on any atom is -0.497 e. The van der Waals surface area contributed by atoms with Crippen LogP contribution in [0.3, 0.4) is 0 Å². The van der Waals surface area contributed by atoms with E-state index in [4.69, 9.17) is 4.74 Å². The van der Waals surface area contributed by atoms with Gasteiger partial charge in [0.1, 0.15) is 17.6 Å². The molecular weight excluding hydrogens is 314 g/mol. The highest BCUT2D eigenvalue weighted by Gasteiger charge is 2.33. The van der Waals surface area contributed by atoms with Gasteiger partial charge in [-0.15, -0.1) is 0 Å². The summed E-state index contributed by atoms with van der Waals surface area (Å²) >= 11 is 0. The Balaban J connectivity index is 1.72. The maximum Gasteiger partial charge on any atom is 0.273 e. The third-order valence-corrected chi connectivity index (χ3v) is 4.84. The van der Waals surface area contributed by atoms with Gasteiger partial charge in [0.25, 0.3) is 5.56 Å². The highest BCUT2D eigenvalue weighted by Crippen LogP contribution is 2.42. The quantitative estimate of drug-likeness (QED) is 0.828. The van der Waals surface area contributed by atoms with Crippen LogP contribution < -0.4 is 10.3 Å². The van der Waals surface area contributed by atoms with Gasteiger partial charge >= 0.3 is 0 Å². The fraction of sp³-hybridized carbons (Fsp3) is 0.556. The van der Waals surface area contributed by atoms with Crippen LogP contribution in [0.15, 0.2) is 23.0 Å². The lowest BCUT2D eigenvalue weighted by Crippen LogP contribution is -2.22. The van der Waals surface area contributed by atoms with Crippen molar-refractivity contribution in [3.8, 4) is 5.75 Å². The molecule has 1 aliphatic rings. The number of rotatable bonds is 7. The summed E-state index contributed by atoms with van der Waals surface area (Å²) in [6.45, 7) is 2.17. The lowest BCUT2D eigenvalue weighted by molar-refractivity contribution is 0.151. The van der Waals surface area contributed by atoms with Gasteiger partial charge in [0, 0.05) is 6.07 Å². The molecule has 6 heteroatoms. The molecule has 0 amide bonds. The van der Waals surface area contributed by atoms with Crippen LogP contribution in [0.2, 0.25) is 0 Å². The molecule has 2 aromatic rings. The normalized spacial score (nSPS) is 22.3. The van der Waals surface area contributed by atoms with E-state index in [-0.39, 0.29) is 12.1 Å². The molecule has 130 valence electrons. The van der Waals surface area contributed by atoms with Gasteiger partial charge in [-0.05, 0) is 36.8 Å². The van der Waals surface area contributed by atoms with Crippen molar-refractivity contribution < 1.29 is 13.5 Å². The molecule has 1 saturated carbocycles. The third kappa shape index (κ3) is 3.57. The van der Waals surface area contributed by atoms with Crippen LogP contribution >= 0.6 is 0 Å². The molecular formula is C18H22F2N2O2. The highest BCUT2D eigenvalue weighted by molar-refractivity contribution is 5.75. The average Bonchev–Trinajstić information content (AvgIpc) is 3.28. The van der Waals surface area contributed by atoms with Gasteiger partial charge in [0.05, 0.1) is 18.1 Å². The maximum atomic E-state index is 14.4. The zero-order valence-electron chi connectivity index (χ0n) is 13.9. The molecule has 1 aromatic heterocycles. The van der Waals surface area contributed by atoms with E-state index in [0.717, 1.165) is 6.42 Å². The molecule has 4 nitrogen and oxygen atoms in total. The van der Waals surface area contributed by atoms with Crippen molar-refractivity contribution >= 4 is 11.0 Å². The maximum absolute atomic E-state index is 14.4. The molecule has 4 atom stereocenters. The van der Waals surface area contributed by atoms with E-state index in [1.165, 1.54) is 13.5 Å². The van der Waals surface area contributed by atoms with Gasteiger partial charge in [0.15, 0.2) is 6.17 Å². The minimum atomic E-state index is -2.00. The monoisotopic (exact) mass is 336 g/mol. The van der Waals surface area contributed by atoms with Crippen LogP contribution in [-0.2, 0) is 0 Å². The number of hydrogen-bond acceptors (Lipinski definition) is 3. The first-order valence-corrected chi connectivity index (χ1v) is 8.35. The second kappa shape index (κ2) is 6.87. The summed E-state index contributed by atoms with van der Waals surface area (Å²) < 4.78 is 33.6. The Labute approximate surface area is 139 Å². The van der Waals surface area contributed by atoms with E-state index >= 15 is 0 Å². The molecule has 0 radical (unpaired) electrons. The summed E-state index contributed by atoms with van der Waals surface area (Å²) in [5, 5.41) is 0. The lowest BCUT2D eigenvalue weighted by atomic mass is 10.0. The minimum absolute atomic E-state index is 0.117. The fourth-order valence-corrected chi connectivity index (χ4v) is 3.09. The number of halogens is 2. The first kappa shape index (κ1) is 16.9. The van der Waals surface area contributed by atoms with Crippen molar-refractivity contribution in [2.75, 3.05) is 7.11 Å². The average molecular weight is 336 g/mol. The fourth-order valence-electron chi connectivity index (χ4n) is 3.09. The number of ether oxygens (including phenoxy) is 1. The first-order valence-electron chi connectivity index (χ1n) is 8.35. The van der Waals surface area contributed by atoms with E-state index in [9.17, 15) is 13.6 Å². The van der Waals surface area contributed by atoms with Gasteiger partial charge in [-0.2, -0.15) is 0 Å². The molecule has 0 aliphatic heterocycles. The van der Waals surface area contributed by atoms with E-state index in [1.807, 2.05) is 0 Å². The van der Waals surface area contributed by atoms with Crippen LogP contribution in [0.25, 0.3) is 11.0 Å². The number of H-pyrrole nitrogens is 1. The molecule has 1 heterocycles. The van der Waals surface area contributed by atoms with Crippen molar-refractivity contribution in [3.05, 3.63) is 34.2 Å². The first-order chi connectivity index (χ1) is 11.5. The zero-order chi connectivity index (χ0) is 17.3. The predicted molar refractivity (Wildman–Crippen MR) is 88.8 cm³/mol. The summed E-state index contributed by atoms with van der Waals surface area (Å²) in [6.07, 6.45) is -0.841. The number of hydrogen-bond donors (Lipinski definition) is 1. The molecule has 1 aromatic carbocycles. The second-order valence-electron chi connectivity index (χ2n) is 6.66. The molecule has 3 unspecified atom stereocenters. The summed E-state index contributed by atoms with van der Waals surface area (Å²) in [7, 11) is 1.51. The Bertz CT molecular complexity index is 777. The van der Waals surface area contributed by atoms with Crippen molar-refractivity contribution in [1.82, 2.24) is 9.97 Å². The van der Waals surface area contributed by atoms with Crippen LogP contribution in [-0.4, -0.2) is 23.2 Å². The van der Waals surface area contributed by atoms with Crippen molar-refractivity contribution in [2.24, 2.45) is 11.8 Å². The predicted octanol–water partition coefficient (Wildman–Crippen LogP) is 4.11. The summed E-state index contributed by atoms with van der Waals surface area (Å²) in [4.78, 5) is 18.6. The molecule has 1 N–H and O–H groups in total. The Morgan fingerprint density at radius 2 is 2.17 bits per heavy atom. The largest absolute Gasteiger partial charge is 0.497 e. The Morgan fingerprint density at radius 3 is 2.83 bits per heavy atom. The zero-order valence-corrected chi connectivity index (χ0v) is 13.9. The summed E-state index contributed by atoms with van der Waals surface area (Å²) in [5.74, 6) is 1.93. The number of alkyl halides is 2. The SMILES string of the molecule is COc1ccc2nc(C(F)C(F)CCCC3C[C@@H]3C)c(=O)[nH]c2c1. The van der Waals surface area contributed by atoms with Gasteiger partial charge < -0.3 is 9.72 Å². The van der Waals surface area contributed by atoms with Gasteiger partial charge in [-0.3, -0.25) is 4.79 Å². The Morgan fingerprint density at radius 1 is 1.42 bits per heavy atom. The molecule has 3 rings (SSSR count). The van der Waals surface area contributed by atoms with E-state index in [0.29, 0.717) is 35.0 Å². The Hall–Kier alpha value is -1.98. The smallest absolute Gasteiger partial charge is 0.273 e. The number of aromatic nitrogens is 2. The van der Waals surface area contributed by atoms with Crippen LogP contribution in [0, 0.1) is 11.8 Å². The van der Waals surface area contributed by atoms with E-state index < -0.39 is 17.9 Å². The Kier molecular flexibility index (Phi) is 4.83. The number of methoxy groups -OCH3 is 1. The van der Waals surface area contributed by atoms with Gasteiger partial charge in [-0.25, -0.2) is 13.8 Å². The third-order valence-electron chi connectivity index (χ3n) is 4.84. The van der Waals surface area contributed by atoms with Crippen LogP contribution in [0.1, 0.15) is 44.5 Å². The number of nitrogens with zero attached hydrogens (tertiary/aromatic N) is 1. The number of nitrogens with one attached hydrogen (secondary N) is 1. The number of benzene rings is 1. The number of fused-ring (bicyclic) bond motifs is 1. The van der Waals surface area contributed by atoms with E-state index in [2.05, 4.69) is 16.9 Å². The molecule has 0 bridgehead atoms. The van der Waals surface area contributed by atoms with Gasteiger partial charge in [0.2, 0.25) is 0 Å². The van der Waals surface area contributed by atoms with Crippen molar-refractivity contribution in [3.63, 3.8) is 0 Å². The highest BCUT2D eigenvalue weighted by atomic mass is 19.2. The standard InChI is InChI=1S/C18H22F2N2O2/c1-10-8-11(10)4-3-5-13(19)16(20)17-18(23)22-15-9-12(24-2)6-7-14(15)21-17/h6-7,9-11,13,16H,3-5,8H2,1-2H3,(H,22,23)/t10-,11?,13?,16?/m0/s1. The van der Waals surface area contributed by atoms with Crippen LogP contribution in [0.4, 0.5) is 8.78 Å². The molecule has 24 heavy (non-hydrogen) atoms. The summed E-state index contributed by atoms with van der Waals surface area (Å²) in [5.41, 5.74) is -0.234. The lowest BCUT2D eigenvalue weighted by Gasteiger charge is -2.13. The molecule has 1 aliphatic carbocycles. The summed E-state index contributed by atoms with van der Waals surface area (Å²) in [6, 6.07) is 4.88. The molecule has 0 saturated heterocycles. The number of aromatic amines is 1.